The Kier molecular flexibility index (Phi) is 7.72. The molecule has 0 saturated carbocycles. The van der Waals surface area contributed by atoms with E-state index in [1.165, 1.54) is 12.1 Å². The number of amides is 1. The van der Waals surface area contributed by atoms with E-state index in [0.29, 0.717) is 24.9 Å². The van der Waals surface area contributed by atoms with Crippen molar-refractivity contribution in [3.8, 4) is 0 Å². The van der Waals surface area contributed by atoms with E-state index < -0.39 is 0 Å². The van der Waals surface area contributed by atoms with Crippen LogP contribution in [0.5, 0.6) is 0 Å². The van der Waals surface area contributed by atoms with Crippen molar-refractivity contribution in [1.29, 1.82) is 0 Å². The molecule has 5 nitrogen and oxygen atoms in total. The lowest BCUT2D eigenvalue weighted by atomic mass is 10.2. The van der Waals surface area contributed by atoms with E-state index in [4.69, 9.17) is 0 Å². The average Bonchev–Trinajstić information content (AvgIpc) is 3.01. The predicted molar refractivity (Wildman–Crippen MR) is 93.3 cm³/mol. The van der Waals surface area contributed by atoms with Crippen LogP contribution in [0.2, 0.25) is 0 Å². The Morgan fingerprint density at radius 1 is 1.19 bits per heavy atom. The number of hydrogen-bond donors (Lipinski definition) is 2. The van der Waals surface area contributed by atoms with Gasteiger partial charge < -0.3 is 27.3 Å². The molecule has 0 aliphatic rings. The topological polar surface area (TPSA) is 61.7 Å². The Morgan fingerprint density at radius 3 is 2.81 bits per heavy atom. The number of nitrogens with one attached hydrogen (secondary N) is 2. The molecule has 26 heavy (non-hydrogen) atoms. The van der Waals surface area contributed by atoms with E-state index in [1.54, 1.807) is 6.07 Å². The highest BCUT2D eigenvalue weighted by Gasteiger charge is 2.06. The molecular weight excluding hydrogens is 399 g/mol. The minimum Gasteiger partial charge on any atom is -1.00 e. The van der Waals surface area contributed by atoms with Crippen LogP contribution in [0.25, 0.3) is 11.0 Å². The van der Waals surface area contributed by atoms with Gasteiger partial charge in [0, 0.05) is 37.9 Å². The van der Waals surface area contributed by atoms with E-state index in [1.807, 2.05) is 30.6 Å². The third-order valence-corrected chi connectivity index (χ3v) is 4.02. The van der Waals surface area contributed by atoms with Crippen molar-refractivity contribution in [2.24, 2.45) is 0 Å². The van der Waals surface area contributed by atoms with Crippen LogP contribution < -0.4 is 26.9 Å². The maximum absolute atomic E-state index is 13.2. The number of H-pyrrole nitrogens is 1. The van der Waals surface area contributed by atoms with Crippen molar-refractivity contribution in [3.63, 3.8) is 0 Å². The highest BCUT2D eigenvalue weighted by molar-refractivity contribution is 5.76. The molecule has 2 aromatic heterocycles. The molecule has 0 fully saturated rings. The molecule has 7 heteroatoms. The number of rotatable bonds is 8. The first-order valence-electron chi connectivity index (χ1n) is 8.55. The van der Waals surface area contributed by atoms with Gasteiger partial charge in [-0.15, -0.1) is 0 Å². The summed E-state index contributed by atoms with van der Waals surface area (Å²) in [5.41, 5.74) is 1.42. The third kappa shape index (κ3) is 5.91. The molecule has 0 atom stereocenters. The predicted octanol–water partition coefficient (Wildman–Crippen LogP) is -0.477. The summed E-state index contributed by atoms with van der Waals surface area (Å²) in [6.07, 6.45) is 7.01. The van der Waals surface area contributed by atoms with Crippen molar-refractivity contribution >= 4 is 16.9 Å². The molecule has 0 spiro atoms. The first kappa shape index (κ1) is 20.0. The molecule has 0 aliphatic heterocycles. The summed E-state index contributed by atoms with van der Waals surface area (Å²) in [6, 6.07) is 10.5. The van der Waals surface area contributed by atoms with Gasteiger partial charge in [0.25, 0.3) is 0 Å². The number of halogens is 2. The lowest BCUT2D eigenvalue weighted by molar-refractivity contribution is -0.697. The number of fused-ring (bicyclic) bond motifs is 1. The zero-order valence-corrected chi connectivity index (χ0v) is 16.0. The number of pyridine rings is 1. The number of carbonyl (C=O) groups excluding carboxylic acids is 1. The second-order valence-corrected chi connectivity index (χ2v) is 6.02. The molecule has 3 rings (SSSR count). The SMILES string of the molecule is O=C(CCCC[n+]1ccccc1)NCCc1nc2ccc(F)cc2[nH]1.[Br-]. The van der Waals surface area contributed by atoms with Crippen molar-refractivity contribution < 1.29 is 30.7 Å². The molecule has 2 heterocycles. The van der Waals surface area contributed by atoms with Crippen LogP contribution in [-0.4, -0.2) is 22.4 Å². The first-order chi connectivity index (χ1) is 12.2. The molecule has 0 saturated heterocycles. The summed E-state index contributed by atoms with van der Waals surface area (Å²) < 4.78 is 15.3. The molecule has 0 unspecified atom stereocenters. The van der Waals surface area contributed by atoms with Gasteiger partial charge in [-0.05, 0) is 24.6 Å². The monoisotopic (exact) mass is 420 g/mol. The molecule has 3 aromatic rings. The summed E-state index contributed by atoms with van der Waals surface area (Å²) in [4.78, 5) is 19.3. The van der Waals surface area contributed by atoms with E-state index in [2.05, 4.69) is 19.9 Å². The van der Waals surface area contributed by atoms with E-state index in [0.717, 1.165) is 30.7 Å². The Hall–Kier alpha value is -2.28. The van der Waals surface area contributed by atoms with Crippen LogP contribution in [0.4, 0.5) is 4.39 Å². The van der Waals surface area contributed by atoms with E-state index >= 15 is 0 Å². The molecule has 0 bridgehead atoms. The fraction of sp³-hybridized carbons (Fsp3) is 0.316. The van der Waals surface area contributed by atoms with Crippen LogP contribution in [0.15, 0.2) is 48.8 Å². The number of unbranched alkanes of at least 4 members (excludes halogenated alkanes) is 1. The van der Waals surface area contributed by atoms with Crippen molar-refractivity contribution in [2.75, 3.05) is 6.54 Å². The number of aromatic amines is 1. The largest absolute Gasteiger partial charge is 1.00 e. The number of carbonyl (C=O) groups is 1. The van der Waals surface area contributed by atoms with Crippen LogP contribution in [0.1, 0.15) is 25.1 Å². The number of benzene rings is 1. The van der Waals surface area contributed by atoms with Gasteiger partial charge >= 0.3 is 0 Å². The number of nitrogens with zero attached hydrogens (tertiary/aromatic N) is 2. The normalized spacial score (nSPS) is 10.5. The van der Waals surface area contributed by atoms with Gasteiger partial charge in [0.05, 0.1) is 11.0 Å². The lowest BCUT2D eigenvalue weighted by Crippen LogP contribution is -3.00. The summed E-state index contributed by atoms with van der Waals surface area (Å²) in [7, 11) is 0. The summed E-state index contributed by atoms with van der Waals surface area (Å²) in [5, 5.41) is 2.91. The van der Waals surface area contributed by atoms with Gasteiger partial charge in [0.15, 0.2) is 12.4 Å². The van der Waals surface area contributed by atoms with Crippen molar-refractivity contribution in [3.05, 3.63) is 60.4 Å². The number of aryl methyl sites for hydroxylation is 1. The van der Waals surface area contributed by atoms with Crippen molar-refractivity contribution in [1.82, 2.24) is 15.3 Å². The van der Waals surface area contributed by atoms with Gasteiger partial charge in [-0.1, -0.05) is 6.07 Å². The van der Waals surface area contributed by atoms with E-state index in [-0.39, 0.29) is 28.7 Å². The van der Waals surface area contributed by atoms with Crippen LogP contribution in [0.3, 0.4) is 0 Å². The van der Waals surface area contributed by atoms with Crippen LogP contribution >= 0.6 is 0 Å². The number of imidazole rings is 1. The highest BCUT2D eigenvalue weighted by atomic mass is 79.9. The first-order valence-corrected chi connectivity index (χ1v) is 8.55. The number of hydrogen-bond acceptors (Lipinski definition) is 2. The molecule has 2 N–H and O–H groups in total. The summed E-state index contributed by atoms with van der Waals surface area (Å²) in [6.45, 7) is 1.44. The standard InChI is InChI=1S/C19H21FN4O.BrH/c20-15-7-8-16-17(14-15)23-18(22-16)9-10-21-19(25)6-2-5-13-24-11-3-1-4-12-24;/h1,3-4,7-8,11-12,14H,2,5-6,9-10,13H2,(H-,21,22,23,25);1H. The minimum atomic E-state index is -0.287. The second-order valence-electron chi connectivity index (χ2n) is 6.02. The molecule has 1 aromatic carbocycles. The zero-order valence-electron chi connectivity index (χ0n) is 14.4. The number of aromatic nitrogens is 3. The van der Waals surface area contributed by atoms with Crippen LogP contribution in [-0.2, 0) is 17.8 Å². The smallest absolute Gasteiger partial charge is 0.220 e. The minimum absolute atomic E-state index is 0. The fourth-order valence-corrected chi connectivity index (χ4v) is 2.73. The quantitative estimate of drug-likeness (QED) is 0.382. The Labute approximate surface area is 162 Å². The molecule has 1 amide bonds. The fourth-order valence-electron chi connectivity index (χ4n) is 2.73. The Bertz CT molecular complexity index is 838. The molecule has 0 aliphatic carbocycles. The van der Waals surface area contributed by atoms with Gasteiger partial charge in [-0.3, -0.25) is 4.79 Å². The molecule has 0 radical (unpaired) electrons. The maximum Gasteiger partial charge on any atom is 0.220 e. The maximum atomic E-state index is 13.2. The van der Waals surface area contributed by atoms with Gasteiger partial charge in [0.1, 0.15) is 18.2 Å². The molecule has 138 valence electrons. The molecular formula is C19H22BrFN4O. The highest BCUT2D eigenvalue weighted by Crippen LogP contribution is 2.12. The zero-order chi connectivity index (χ0) is 17.5. The second kappa shape index (κ2) is 10.0. The van der Waals surface area contributed by atoms with Gasteiger partial charge in [-0.2, -0.15) is 0 Å². The average molecular weight is 421 g/mol. The lowest BCUT2D eigenvalue weighted by Gasteiger charge is -2.03. The van der Waals surface area contributed by atoms with Crippen LogP contribution in [0, 0.1) is 5.82 Å². The Balaban J connectivity index is 0.00000243. The Morgan fingerprint density at radius 2 is 2.00 bits per heavy atom. The summed E-state index contributed by atoms with van der Waals surface area (Å²) >= 11 is 0. The van der Waals surface area contributed by atoms with Gasteiger partial charge in [-0.25, -0.2) is 13.9 Å². The third-order valence-electron chi connectivity index (χ3n) is 4.02. The van der Waals surface area contributed by atoms with E-state index in [9.17, 15) is 9.18 Å². The summed E-state index contributed by atoms with van der Waals surface area (Å²) in [5.74, 6) is 0.520. The van der Waals surface area contributed by atoms with Gasteiger partial charge in [0.2, 0.25) is 5.91 Å². The van der Waals surface area contributed by atoms with Crippen molar-refractivity contribution in [2.45, 2.75) is 32.2 Å².